The molecule has 21 heavy (non-hydrogen) atoms. The summed E-state index contributed by atoms with van der Waals surface area (Å²) in [5.74, 6) is 1.63. The molecule has 3 nitrogen and oxygen atoms in total. The van der Waals surface area contributed by atoms with Gasteiger partial charge < -0.3 is 15.2 Å². The quantitative estimate of drug-likeness (QED) is 0.710. The summed E-state index contributed by atoms with van der Waals surface area (Å²) in [6, 6.07) is 24.3. The van der Waals surface area contributed by atoms with Crippen molar-refractivity contribution in [2.75, 3.05) is 5.32 Å². The fraction of sp³-hybridized carbons (Fsp3) is 0. The minimum absolute atomic E-state index is 0.220. The zero-order valence-electron chi connectivity index (χ0n) is 11.4. The average molecular weight is 277 g/mol. The summed E-state index contributed by atoms with van der Waals surface area (Å²) in [5.41, 5.74) is 1.89. The van der Waals surface area contributed by atoms with Crippen molar-refractivity contribution in [3.05, 3.63) is 78.9 Å². The molecule has 0 aliphatic rings. The molecule has 0 fully saturated rings. The first-order valence-electron chi connectivity index (χ1n) is 6.69. The van der Waals surface area contributed by atoms with E-state index < -0.39 is 0 Å². The smallest absolute Gasteiger partial charge is 0.150 e. The van der Waals surface area contributed by atoms with Crippen molar-refractivity contribution in [2.24, 2.45) is 0 Å². The number of para-hydroxylation sites is 3. The predicted molar refractivity (Wildman–Crippen MR) is 84.3 cm³/mol. The summed E-state index contributed by atoms with van der Waals surface area (Å²) in [4.78, 5) is 0. The van der Waals surface area contributed by atoms with Crippen LogP contribution in [0.3, 0.4) is 0 Å². The Bertz CT molecular complexity index is 709. The van der Waals surface area contributed by atoms with Gasteiger partial charge in [0.15, 0.2) is 5.75 Å². The van der Waals surface area contributed by atoms with Gasteiger partial charge in [0.25, 0.3) is 0 Å². The third-order valence-electron chi connectivity index (χ3n) is 3.00. The number of benzene rings is 3. The number of phenols is 1. The number of phenolic OH excluding ortho intramolecular Hbond substituents is 1. The Morgan fingerprint density at radius 1 is 0.714 bits per heavy atom. The normalized spacial score (nSPS) is 10.1. The standard InChI is InChI=1S/C18H15NO2/c20-15-10-12-16(13-11-15)21-18-9-5-4-8-17(18)19-14-6-2-1-3-7-14/h1-13,19-20H. The Morgan fingerprint density at radius 2 is 1.38 bits per heavy atom. The number of aromatic hydroxyl groups is 1. The Labute approximate surface area is 123 Å². The highest BCUT2D eigenvalue weighted by atomic mass is 16.5. The molecule has 3 rings (SSSR count). The van der Waals surface area contributed by atoms with E-state index in [-0.39, 0.29) is 5.75 Å². The van der Waals surface area contributed by atoms with E-state index in [2.05, 4.69) is 5.32 Å². The summed E-state index contributed by atoms with van der Waals surface area (Å²) < 4.78 is 5.86. The van der Waals surface area contributed by atoms with Crippen LogP contribution in [-0.2, 0) is 0 Å². The molecule has 0 heterocycles. The van der Waals surface area contributed by atoms with Gasteiger partial charge >= 0.3 is 0 Å². The number of nitrogens with one attached hydrogen (secondary N) is 1. The van der Waals surface area contributed by atoms with Crippen molar-refractivity contribution >= 4 is 11.4 Å². The van der Waals surface area contributed by atoms with Crippen LogP contribution in [0.1, 0.15) is 0 Å². The highest BCUT2D eigenvalue weighted by Gasteiger charge is 2.04. The molecular weight excluding hydrogens is 262 g/mol. The van der Waals surface area contributed by atoms with Gasteiger partial charge in [-0.25, -0.2) is 0 Å². The van der Waals surface area contributed by atoms with Crippen LogP contribution in [0, 0.1) is 0 Å². The molecule has 0 aliphatic heterocycles. The second-order valence-corrected chi connectivity index (χ2v) is 4.58. The maximum Gasteiger partial charge on any atom is 0.150 e. The largest absolute Gasteiger partial charge is 0.508 e. The first-order chi connectivity index (χ1) is 10.3. The van der Waals surface area contributed by atoms with E-state index in [0.29, 0.717) is 5.75 Å². The molecule has 0 unspecified atom stereocenters. The van der Waals surface area contributed by atoms with Gasteiger partial charge in [-0.15, -0.1) is 0 Å². The number of hydrogen-bond donors (Lipinski definition) is 2. The molecule has 3 aromatic rings. The van der Waals surface area contributed by atoms with Crippen LogP contribution in [0.5, 0.6) is 17.2 Å². The minimum atomic E-state index is 0.220. The maximum absolute atomic E-state index is 9.30. The predicted octanol–water partition coefficient (Wildman–Crippen LogP) is 4.93. The van der Waals surface area contributed by atoms with Crippen LogP contribution >= 0.6 is 0 Å². The topological polar surface area (TPSA) is 41.5 Å². The van der Waals surface area contributed by atoms with Crippen molar-refractivity contribution in [3.8, 4) is 17.2 Å². The van der Waals surface area contributed by atoms with E-state index >= 15 is 0 Å². The van der Waals surface area contributed by atoms with Crippen LogP contribution < -0.4 is 10.1 Å². The molecule has 0 radical (unpaired) electrons. The maximum atomic E-state index is 9.30. The van der Waals surface area contributed by atoms with E-state index in [1.807, 2.05) is 54.6 Å². The van der Waals surface area contributed by atoms with Crippen molar-refractivity contribution < 1.29 is 9.84 Å². The lowest BCUT2D eigenvalue weighted by molar-refractivity contribution is 0.465. The van der Waals surface area contributed by atoms with E-state index in [1.165, 1.54) is 0 Å². The Hall–Kier alpha value is -2.94. The highest BCUT2D eigenvalue weighted by molar-refractivity contribution is 5.66. The Morgan fingerprint density at radius 3 is 2.14 bits per heavy atom. The lowest BCUT2D eigenvalue weighted by atomic mass is 10.2. The molecular formula is C18H15NO2. The SMILES string of the molecule is Oc1ccc(Oc2ccccc2Nc2ccccc2)cc1. The second-order valence-electron chi connectivity index (χ2n) is 4.58. The number of hydrogen-bond acceptors (Lipinski definition) is 3. The molecule has 0 saturated heterocycles. The molecule has 0 aliphatic carbocycles. The molecule has 3 aromatic carbocycles. The number of anilines is 2. The zero-order valence-corrected chi connectivity index (χ0v) is 11.4. The molecule has 0 aromatic heterocycles. The Kier molecular flexibility index (Phi) is 3.74. The van der Waals surface area contributed by atoms with Gasteiger partial charge in [0.2, 0.25) is 0 Å². The molecule has 0 amide bonds. The molecule has 2 N–H and O–H groups in total. The summed E-state index contributed by atoms with van der Waals surface area (Å²) in [7, 11) is 0. The summed E-state index contributed by atoms with van der Waals surface area (Å²) in [5, 5.41) is 12.6. The fourth-order valence-corrected chi connectivity index (χ4v) is 1.98. The third-order valence-corrected chi connectivity index (χ3v) is 3.00. The van der Waals surface area contributed by atoms with Crippen molar-refractivity contribution in [1.29, 1.82) is 0 Å². The van der Waals surface area contributed by atoms with Crippen molar-refractivity contribution in [1.82, 2.24) is 0 Å². The Balaban J connectivity index is 1.84. The molecule has 0 atom stereocenters. The first kappa shape index (κ1) is 13.1. The van der Waals surface area contributed by atoms with E-state index in [1.54, 1.807) is 24.3 Å². The summed E-state index contributed by atoms with van der Waals surface area (Å²) in [6.07, 6.45) is 0. The minimum Gasteiger partial charge on any atom is -0.508 e. The van der Waals surface area contributed by atoms with E-state index in [0.717, 1.165) is 17.1 Å². The first-order valence-corrected chi connectivity index (χ1v) is 6.69. The van der Waals surface area contributed by atoms with Crippen molar-refractivity contribution in [3.63, 3.8) is 0 Å². The molecule has 0 saturated carbocycles. The molecule has 3 heteroatoms. The fourth-order valence-electron chi connectivity index (χ4n) is 1.98. The average Bonchev–Trinajstić information content (AvgIpc) is 2.52. The van der Waals surface area contributed by atoms with Crippen LogP contribution in [0.4, 0.5) is 11.4 Å². The molecule has 0 spiro atoms. The highest BCUT2D eigenvalue weighted by Crippen LogP contribution is 2.31. The van der Waals surface area contributed by atoms with Crippen LogP contribution in [-0.4, -0.2) is 5.11 Å². The lowest BCUT2D eigenvalue weighted by Gasteiger charge is -2.13. The van der Waals surface area contributed by atoms with Gasteiger partial charge in [-0.05, 0) is 48.5 Å². The van der Waals surface area contributed by atoms with Crippen LogP contribution in [0.2, 0.25) is 0 Å². The third kappa shape index (κ3) is 3.34. The van der Waals surface area contributed by atoms with E-state index in [9.17, 15) is 5.11 Å². The summed E-state index contributed by atoms with van der Waals surface area (Å²) in [6.45, 7) is 0. The van der Waals surface area contributed by atoms with Crippen LogP contribution in [0.25, 0.3) is 0 Å². The number of rotatable bonds is 4. The van der Waals surface area contributed by atoms with Gasteiger partial charge in [0.05, 0.1) is 5.69 Å². The molecule has 104 valence electrons. The van der Waals surface area contributed by atoms with Crippen LogP contribution in [0.15, 0.2) is 78.9 Å². The van der Waals surface area contributed by atoms with Gasteiger partial charge in [-0.3, -0.25) is 0 Å². The van der Waals surface area contributed by atoms with Gasteiger partial charge in [0.1, 0.15) is 11.5 Å². The van der Waals surface area contributed by atoms with Gasteiger partial charge in [-0.1, -0.05) is 30.3 Å². The number of ether oxygens (including phenoxy) is 1. The molecule has 0 bridgehead atoms. The monoisotopic (exact) mass is 277 g/mol. The zero-order chi connectivity index (χ0) is 14.5. The van der Waals surface area contributed by atoms with E-state index in [4.69, 9.17) is 4.74 Å². The van der Waals surface area contributed by atoms with Gasteiger partial charge in [0, 0.05) is 5.69 Å². The van der Waals surface area contributed by atoms with Crippen molar-refractivity contribution in [2.45, 2.75) is 0 Å². The lowest BCUT2D eigenvalue weighted by Crippen LogP contribution is -1.93. The van der Waals surface area contributed by atoms with Gasteiger partial charge in [-0.2, -0.15) is 0 Å². The summed E-state index contributed by atoms with van der Waals surface area (Å²) >= 11 is 0. The second kappa shape index (κ2) is 6.01.